The van der Waals surface area contributed by atoms with Gasteiger partial charge in [0, 0.05) is 0 Å². The normalized spacial score (nSPS) is 11.6. The summed E-state index contributed by atoms with van der Waals surface area (Å²) in [5.74, 6) is 2.04. The summed E-state index contributed by atoms with van der Waals surface area (Å²) in [7, 11) is 0. The zero-order chi connectivity index (χ0) is 29.4. The van der Waals surface area contributed by atoms with E-state index in [0.717, 1.165) is 20.4 Å². The fourth-order valence-electron chi connectivity index (χ4n) is 5.69. The van der Waals surface area contributed by atoms with E-state index in [0.29, 0.717) is 0 Å². The van der Waals surface area contributed by atoms with E-state index in [2.05, 4.69) is 76.2 Å². The molecule has 0 atom stereocenters. The molecule has 2 nitrogen and oxygen atoms in total. The Kier molecular flexibility index (Phi) is 20.5. The summed E-state index contributed by atoms with van der Waals surface area (Å²) in [5, 5.41) is 0. The van der Waals surface area contributed by atoms with Gasteiger partial charge in [0.05, 0.1) is 0 Å². The van der Waals surface area contributed by atoms with Crippen molar-refractivity contribution in [2.75, 3.05) is 0 Å². The number of hydrogen-bond acceptors (Lipinski definition) is 2. The van der Waals surface area contributed by atoms with Crippen LogP contribution in [-0.2, 0) is 12.8 Å². The quantitative estimate of drug-likeness (QED) is 0.0732. The Balaban J connectivity index is 1.95. The molecule has 0 N–H and O–H groups in total. The van der Waals surface area contributed by atoms with Crippen molar-refractivity contribution in [3.8, 4) is 11.5 Å². The van der Waals surface area contributed by atoms with Crippen LogP contribution >= 0.6 is 0 Å². The molecule has 0 heterocycles. The van der Waals surface area contributed by atoms with Gasteiger partial charge in [-0.2, -0.15) is 0 Å². The summed E-state index contributed by atoms with van der Waals surface area (Å²) in [4.78, 5) is 0. The summed E-state index contributed by atoms with van der Waals surface area (Å²) in [6.07, 6.45) is 26.2. The Labute approximate surface area is 260 Å². The summed E-state index contributed by atoms with van der Waals surface area (Å²) in [6.45, 7) is 9.15. The van der Waals surface area contributed by atoms with Crippen molar-refractivity contribution in [1.29, 1.82) is 0 Å². The third-order valence-corrected chi connectivity index (χ3v) is 18.3. The van der Waals surface area contributed by atoms with Crippen molar-refractivity contribution in [1.82, 2.24) is 0 Å². The monoisotopic (exact) mass is 672 g/mol. The molecule has 2 aromatic carbocycles. The van der Waals surface area contributed by atoms with E-state index < -0.39 is 19.2 Å². The van der Waals surface area contributed by atoms with Gasteiger partial charge < -0.3 is 0 Å². The van der Waals surface area contributed by atoms with Crippen LogP contribution in [0.3, 0.4) is 0 Å². The van der Waals surface area contributed by atoms with Gasteiger partial charge in [-0.15, -0.1) is 0 Å². The molecule has 2 rings (SSSR count). The fraction of sp³-hybridized carbons (Fsp3) is 0.684. The Morgan fingerprint density at radius 3 is 1.05 bits per heavy atom. The maximum atomic E-state index is 6.98. The van der Waals surface area contributed by atoms with E-state index in [9.17, 15) is 0 Å². The van der Waals surface area contributed by atoms with Crippen LogP contribution in [0.1, 0.15) is 154 Å². The summed E-state index contributed by atoms with van der Waals surface area (Å²) in [6, 6.07) is 18.0. The van der Waals surface area contributed by atoms with Crippen LogP contribution in [-0.4, -0.2) is 19.2 Å². The summed E-state index contributed by atoms with van der Waals surface area (Å²) < 4.78 is 16.2. The number of unbranched alkanes of at least 4 members (excludes halogenated alkanes) is 14. The molecule has 0 fully saturated rings. The van der Waals surface area contributed by atoms with Crippen molar-refractivity contribution in [2.24, 2.45) is 0 Å². The molecule has 0 unspecified atom stereocenters. The minimum atomic E-state index is -3.39. The molecule has 0 saturated carbocycles. The Morgan fingerprint density at radius 2 is 0.707 bits per heavy atom. The van der Waals surface area contributed by atoms with Crippen LogP contribution in [0.2, 0.25) is 8.87 Å². The molecule has 0 saturated heterocycles. The fourth-order valence-corrected chi connectivity index (χ4v) is 16.0. The molecule has 0 aliphatic carbocycles. The summed E-state index contributed by atoms with van der Waals surface area (Å²) >= 11 is -3.39. The summed E-state index contributed by atoms with van der Waals surface area (Å²) in [5.41, 5.74) is 2.87. The Morgan fingerprint density at radius 1 is 0.390 bits per heavy atom. The SMILES string of the molecule is CCCCCCCCCc1ccc([O][Sn]([CH2]CCC)([CH2]CCC)[O]c2ccc(CCCCCCCCC)cc2)cc1. The van der Waals surface area contributed by atoms with E-state index in [-0.39, 0.29) is 0 Å². The van der Waals surface area contributed by atoms with E-state index in [1.165, 1.54) is 140 Å². The molecule has 0 amide bonds. The van der Waals surface area contributed by atoms with Crippen molar-refractivity contribution in [2.45, 2.75) is 165 Å². The van der Waals surface area contributed by atoms with Gasteiger partial charge in [-0.05, 0) is 0 Å². The zero-order valence-corrected chi connectivity index (χ0v) is 30.3. The second-order valence-corrected chi connectivity index (χ2v) is 21.6. The number of rotatable bonds is 26. The van der Waals surface area contributed by atoms with Crippen LogP contribution in [0.25, 0.3) is 0 Å². The van der Waals surface area contributed by atoms with Crippen LogP contribution in [0.15, 0.2) is 48.5 Å². The van der Waals surface area contributed by atoms with E-state index in [4.69, 9.17) is 6.15 Å². The van der Waals surface area contributed by atoms with Gasteiger partial charge in [-0.25, -0.2) is 0 Å². The predicted octanol–water partition coefficient (Wildman–Crippen LogP) is 12.8. The van der Waals surface area contributed by atoms with E-state index in [1.807, 2.05) is 0 Å². The van der Waals surface area contributed by atoms with Gasteiger partial charge in [0.25, 0.3) is 0 Å². The Bertz CT molecular complexity index is 787. The third-order valence-electron chi connectivity index (χ3n) is 8.41. The third kappa shape index (κ3) is 16.3. The molecule has 232 valence electrons. The number of aryl methyl sites for hydroxylation is 2. The van der Waals surface area contributed by atoms with Crippen molar-refractivity contribution in [3.63, 3.8) is 0 Å². The van der Waals surface area contributed by atoms with Gasteiger partial charge in [-0.1, -0.05) is 26.7 Å². The molecular weight excluding hydrogens is 607 g/mol. The molecule has 0 spiro atoms. The van der Waals surface area contributed by atoms with E-state index >= 15 is 0 Å². The molecule has 0 aliphatic heterocycles. The first kappa shape index (κ1) is 36.0. The molecule has 2 aromatic rings. The first-order valence-electron chi connectivity index (χ1n) is 17.7. The molecule has 3 heteroatoms. The molecular formula is C38H64O2Sn. The second-order valence-electron chi connectivity index (χ2n) is 12.4. The first-order valence-corrected chi connectivity index (χ1v) is 24.1. The molecule has 41 heavy (non-hydrogen) atoms. The van der Waals surface area contributed by atoms with Crippen molar-refractivity contribution < 1.29 is 6.15 Å². The Hall–Kier alpha value is -1.16. The van der Waals surface area contributed by atoms with E-state index in [1.54, 1.807) is 0 Å². The number of benzene rings is 2. The molecule has 0 bridgehead atoms. The van der Waals surface area contributed by atoms with Crippen molar-refractivity contribution >= 4 is 19.2 Å². The van der Waals surface area contributed by atoms with Gasteiger partial charge >= 0.3 is 235 Å². The van der Waals surface area contributed by atoms with Crippen LogP contribution < -0.4 is 6.15 Å². The first-order chi connectivity index (χ1) is 20.1. The van der Waals surface area contributed by atoms with Crippen LogP contribution in [0, 0.1) is 0 Å². The average Bonchev–Trinajstić information content (AvgIpc) is 3.00. The van der Waals surface area contributed by atoms with Gasteiger partial charge in [0.2, 0.25) is 0 Å². The standard InChI is InChI=1S/2C15H24O.2C4H9.Sn/c2*1-2-3-4-5-6-7-8-9-14-10-12-15(16)13-11-14;2*1-3-4-2;/h2*10-13,16H,2-9H2,1H3;2*1,3-4H2,2H3;/q;;;;+2/p-2. The maximum absolute atomic E-state index is 6.98. The average molecular weight is 672 g/mol. The predicted molar refractivity (Wildman–Crippen MR) is 183 cm³/mol. The second kappa shape index (κ2) is 23.3. The molecule has 0 radical (unpaired) electrons. The van der Waals surface area contributed by atoms with Crippen LogP contribution in [0.4, 0.5) is 0 Å². The van der Waals surface area contributed by atoms with Crippen molar-refractivity contribution in [3.05, 3.63) is 59.7 Å². The van der Waals surface area contributed by atoms with Crippen LogP contribution in [0.5, 0.6) is 11.5 Å². The van der Waals surface area contributed by atoms with Gasteiger partial charge in [0.1, 0.15) is 0 Å². The minimum absolute atomic E-state index is 1.02. The molecule has 0 aromatic heterocycles. The van der Waals surface area contributed by atoms with Gasteiger partial charge in [-0.3, -0.25) is 0 Å². The van der Waals surface area contributed by atoms with Gasteiger partial charge in [0.15, 0.2) is 0 Å². The topological polar surface area (TPSA) is 18.5 Å². The number of hydrogen-bond donors (Lipinski definition) is 0. The molecule has 0 aliphatic rings. The zero-order valence-electron chi connectivity index (χ0n) is 27.5.